The van der Waals surface area contributed by atoms with Crippen molar-refractivity contribution in [1.82, 2.24) is 20.1 Å². The van der Waals surface area contributed by atoms with Crippen LogP contribution in [-0.2, 0) is 6.54 Å². The number of rotatable bonds is 4. The normalized spacial score (nSPS) is 17.8. The van der Waals surface area contributed by atoms with Gasteiger partial charge in [-0.1, -0.05) is 36.4 Å². The first-order chi connectivity index (χ1) is 14.6. The van der Waals surface area contributed by atoms with Crippen LogP contribution in [0.1, 0.15) is 34.3 Å². The van der Waals surface area contributed by atoms with Gasteiger partial charge < -0.3 is 10.2 Å². The number of nitrogens with one attached hydrogen (secondary N) is 2. The van der Waals surface area contributed by atoms with E-state index >= 15 is 0 Å². The quantitative estimate of drug-likeness (QED) is 0.550. The number of hydrogen-bond acceptors (Lipinski definition) is 5. The van der Waals surface area contributed by atoms with Crippen LogP contribution < -0.4 is 10.9 Å². The highest BCUT2D eigenvalue weighted by atomic mass is 16.1. The minimum Gasteiger partial charge on any atom is -0.377 e. The van der Waals surface area contributed by atoms with E-state index in [-0.39, 0.29) is 17.5 Å². The smallest absolute Gasteiger partial charge is 0.272 e. The Bertz CT molecular complexity index is 1270. The van der Waals surface area contributed by atoms with Gasteiger partial charge in [0, 0.05) is 30.0 Å². The molecule has 0 spiro atoms. The predicted molar refractivity (Wildman–Crippen MR) is 119 cm³/mol. The van der Waals surface area contributed by atoms with Gasteiger partial charge in [-0.25, -0.2) is 5.10 Å². The van der Waals surface area contributed by atoms with Crippen LogP contribution in [-0.4, -0.2) is 34.2 Å². The van der Waals surface area contributed by atoms with Crippen LogP contribution in [0, 0.1) is 0 Å². The number of hydrogen-bond donors (Lipinski definition) is 2. The van der Waals surface area contributed by atoms with Crippen molar-refractivity contribution < 1.29 is 0 Å². The summed E-state index contributed by atoms with van der Waals surface area (Å²) in [5.41, 5.74) is 5.12. The summed E-state index contributed by atoms with van der Waals surface area (Å²) in [5.74, 6) is -0.0643. The number of H-pyrrole nitrogens is 1. The Balaban J connectivity index is 1.75. The van der Waals surface area contributed by atoms with Crippen LogP contribution in [0.5, 0.6) is 0 Å². The molecule has 150 valence electrons. The van der Waals surface area contributed by atoms with E-state index in [0.29, 0.717) is 5.39 Å². The molecule has 30 heavy (non-hydrogen) atoms. The molecule has 0 saturated carbocycles. The Morgan fingerprint density at radius 3 is 2.67 bits per heavy atom. The summed E-state index contributed by atoms with van der Waals surface area (Å²) in [4.78, 5) is 18.9. The Morgan fingerprint density at radius 2 is 1.87 bits per heavy atom. The van der Waals surface area contributed by atoms with Crippen LogP contribution >= 0.6 is 0 Å². The van der Waals surface area contributed by atoms with Crippen molar-refractivity contribution in [2.45, 2.75) is 18.5 Å². The summed E-state index contributed by atoms with van der Waals surface area (Å²) in [6.07, 6.45) is 3.68. The predicted octanol–water partition coefficient (Wildman–Crippen LogP) is 3.68. The zero-order valence-electron chi connectivity index (χ0n) is 17.0. The van der Waals surface area contributed by atoms with Gasteiger partial charge in [-0.15, -0.1) is 0 Å². The van der Waals surface area contributed by atoms with Crippen LogP contribution in [0.2, 0.25) is 0 Å². The average molecular weight is 397 g/mol. The summed E-state index contributed by atoms with van der Waals surface area (Å²) in [6, 6.07) is 18.4. The molecule has 2 atom stereocenters. The first kappa shape index (κ1) is 18.5. The lowest BCUT2D eigenvalue weighted by atomic mass is 9.80. The zero-order valence-corrected chi connectivity index (χ0v) is 17.0. The average Bonchev–Trinajstić information content (AvgIpc) is 2.76. The number of nitrogens with zero attached hydrogens (tertiary/aromatic N) is 3. The lowest BCUT2D eigenvalue weighted by molar-refractivity contribution is 0.402. The molecule has 4 aromatic rings. The largest absolute Gasteiger partial charge is 0.377 e. The van der Waals surface area contributed by atoms with Crippen molar-refractivity contribution in [3.63, 3.8) is 0 Å². The van der Waals surface area contributed by atoms with Crippen molar-refractivity contribution in [2.75, 3.05) is 19.4 Å². The van der Waals surface area contributed by atoms with Gasteiger partial charge in [0.1, 0.15) is 0 Å². The van der Waals surface area contributed by atoms with E-state index < -0.39 is 0 Å². The van der Waals surface area contributed by atoms with Crippen molar-refractivity contribution in [3.05, 3.63) is 99.7 Å². The maximum atomic E-state index is 12.4. The highest BCUT2D eigenvalue weighted by Gasteiger charge is 2.35. The first-order valence-electron chi connectivity index (χ1n) is 10.0. The number of pyridine rings is 1. The highest BCUT2D eigenvalue weighted by molar-refractivity contribution is 5.97. The molecular formula is C24H23N5O. The molecule has 2 unspecified atom stereocenters. The van der Waals surface area contributed by atoms with Gasteiger partial charge in [0.25, 0.3) is 5.56 Å². The van der Waals surface area contributed by atoms with Gasteiger partial charge in [0.15, 0.2) is 0 Å². The molecule has 1 aliphatic rings. The second-order valence-electron chi connectivity index (χ2n) is 8.03. The van der Waals surface area contributed by atoms with Crippen LogP contribution in [0.3, 0.4) is 0 Å². The van der Waals surface area contributed by atoms with E-state index in [9.17, 15) is 4.79 Å². The third-order valence-electron chi connectivity index (χ3n) is 5.63. The Kier molecular flexibility index (Phi) is 4.56. The maximum absolute atomic E-state index is 12.4. The summed E-state index contributed by atoms with van der Waals surface area (Å²) >= 11 is 0. The van der Waals surface area contributed by atoms with Crippen molar-refractivity contribution in [2.24, 2.45) is 0 Å². The second-order valence-corrected chi connectivity index (χ2v) is 8.03. The molecule has 0 amide bonds. The maximum Gasteiger partial charge on any atom is 0.272 e. The lowest BCUT2D eigenvalue weighted by Gasteiger charge is -2.34. The van der Waals surface area contributed by atoms with Gasteiger partial charge in [-0.05, 0) is 49.0 Å². The van der Waals surface area contributed by atoms with E-state index in [0.717, 1.165) is 34.4 Å². The molecule has 5 rings (SSSR count). The minimum absolute atomic E-state index is 0.0511. The SMILES string of the molecule is CN(C)Cc1cccc(C2c3n[nH]c(=O)c4cccc(c34)NC2c2cccnc2)c1. The van der Waals surface area contributed by atoms with Crippen molar-refractivity contribution >= 4 is 16.5 Å². The van der Waals surface area contributed by atoms with Crippen molar-refractivity contribution in [3.8, 4) is 0 Å². The molecule has 0 fully saturated rings. The summed E-state index contributed by atoms with van der Waals surface area (Å²) in [7, 11) is 4.13. The van der Waals surface area contributed by atoms with E-state index in [1.807, 2.05) is 30.5 Å². The minimum atomic E-state index is -0.169. The molecule has 2 aromatic heterocycles. The molecule has 0 aliphatic carbocycles. The van der Waals surface area contributed by atoms with E-state index in [2.05, 4.69) is 69.8 Å². The number of anilines is 1. The monoisotopic (exact) mass is 397 g/mol. The van der Waals surface area contributed by atoms with Crippen molar-refractivity contribution in [1.29, 1.82) is 0 Å². The van der Waals surface area contributed by atoms with Gasteiger partial charge in [0.2, 0.25) is 0 Å². The van der Waals surface area contributed by atoms with Crippen LogP contribution in [0.4, 0.5) is 5.69 Å². The molecule has 2 aromatic carbocycles. The molecule has 0 saturated heterocycles. The fourth-order valence-corrected chi connectivity index (χ4v) is 4.43. The molecule has 3 heterocycles. The van der Waals surface area contributed by atoms with Gasteiger partial charge in [-0.2, -0.15) is 5.10 Å². The molecule has 0 radical (unpaired) electrons. The molecule has 6 nitrogen and oxygen atoms in total. The zero-order chi connectivity index (χ0) is 20.7. The third kappa shape index (κ3) is 3.15. The summed E-state index contributed by atoms with van der Waals surface area (Å²) in [5, 5.41) is 12.5. The lowest BCUT2D eigenvalue weighted by Crippen LogP contribution is -2.28. The standard InChI is InChI=1S/C24H23N5O/c1-29(2)14-15-6-3-7-16(12-15)20-22(17-8-5-11-25-13-17)26-19-10-4-9-18-21(19)23(20)27-28-24(18)30/h3-13,20,22,26H,14H2,1-2H3,(H,28,30). The fourth-order valence-electron chi connectivity index (χ4n) is 4.43. The molecule has 1 aliphatic heterocycles. The second kappa shape index (κ2) is 7.39. The van der Waals surface area contributed by atoms with Gasteiger partial charge >= 0.3 is 0 Å². The Labute approximate surface area is 174 Å². The highest BCUT2D eigenvalue weighted by Crippen LogP contribution is 2.46. The molecular weight excluding hydrogens is 374 g/mol. The first-order valence-corrected chi connectivity index (χ1v) is 10.0. The number of aromatic amines is 1. The topological polar surface area (TPSA) is 73.9 Å². The fraction of sp³-hybridized carbons (Fsp3) is 0.208. The third-order valence-corrected chi connectivity index (χ3v) is 5.63. The van der Waals surface area contributed by atoms with E-state index in [4.69, 9.17) is 0 Å². The van der Waals surface area contributed by atoms with Crippen LogP contribution in [0.15, 0.2) is 71.8 Å². The molecule has 2 N–H and O–H groups in total. The van der Waals surface area contributed by atoms with Gasteiger partial charge in [-0.3, -0.25) is 9.78 Å². The van der Waals surface area contributed by atoms with E-state index in [1.54, 1.807) is 6.20 Å². The van der Waals surface area contributed by atoms with Crippen LogP contribution in [0.25, 0.3) is 10.8 Å². The summed E-state index contributed by atoms with van der Waals surface area (Å²) in [6.45, 7) is 0.858. The molecule has 6 heteroatoms. The Morgan fingerprint density at radius 1 is 1.03 bits per heavy atom. The summed E-state index contributed by atoms with van der Waals surface area (Å²) < 4.78 is 0. The van der Waals surface area contributed by atoms with Gasteiger partial charge in [0.05, 0.1) is 23.0 Å². The Hall–Kier alpha value is -3.51. The van der Waals surface area contributed by atoms with E-state index in [1.165, 1.54) is 5.56 Å². The molecule has 0 bridgehead atoms. The number of benzene rings is 2. The number of aromatic nitrogens is 3.